The van der Waals surface area contributed by atoms with Crippen molar-refractivity contribution in [1.29, 1.82) is 0 Å². The van der Waals surface area contributed by atoms with Crippen molar-refractivity contribution in [3.05, 3.63) is 437 Å². The van der Waals surface area contributed by atoms with Gasteiger partial charge in [0.05, 0.1) is 22.1 Å². The molecule has 0 saturated carbocycles. The second kappa shape index (κ2) is 28.3. The average molecular weight is 1490 g/mol. The molecule has 0 unspecified atom stereocenters. The molecule has 0 atom stereocenters. The molecule has 116 heavy (non-hydrogen) atoms. The highest BCUT2D eigenvalue weighted by Crippen LogP contribution is 2.46. The van der Waals surface area contributed by atoms with E-state index in [9.17, 15) is 0 Å². The summed E-state index contributed by atoms with van der Waals surface area (Å²) in [6.07, 6.45) is 0. The lowest BCUT2D eigenvalue weighted by molar-refractivity contribution is 0.668. The Kier molecular flexibility index (Phi) is 16.4. The Bertz CT molecular complexity index is 6850. The first-order chi connectivity index (χ1) is 57.5. The topological polar surface area (TPSA) is 49.1 Å². The van der Waals surface area contributed by atoms with Gasteiger partial charge in [-0.25, -0.2) is 0 Å². The molecule has 0 radical (unpaired) electrons. The lowest BCUT2D eigenvalue weighted by atomic mass is 10.0. The third kappa shape index (κ3) is 11.9. The van der Waals surface area contributed by atoms with E-state index in [2.05, 4.69) is 441 Å². The van der Waals surface area contributed by atoms with Gasteiger partial charge in [0.25, 0.3) is 0 Å². The summed E-state index contributed by atoms with van der Waals surface area (Å²) in [5.41, 5.74) is 29.6. The van der Waals surface area contributed by atoms with Crippen molar-refractivity contribution in [3.8, 4) is 44.8 Å². The summed E-state index contributed by atoms with van der Waals surface area (Å²) in [6, 6.07) is 157. The van der Waals surface area contributed by atoms with Crippen LogP contribution in [-0.2, 0) is 0 Å². The molecule has 0 N–H and O–H groups in total. The minimum atomic E-state index is 0.888. The molecule has 22 aromatic rings. The molecule has 18 aromatic carbocycles. The number of nitrogens with zero attached hydrogens (tertiary/aromatic N) is 6. The van der Waals surface area contributed by atoms with Gasteiger partial charge in [0.2, 0.25) is 0 Å². The average Bonchev–Trinajstić information content (AvgIpc) is 1.61. The summed E-state index contributed by atoms with van der Waals surface area (Å²) >= 11 is 0. The smallest absolute Gasteiger partial charge is 0.135 e. The molecule has 0 aliphatic heterocycles. The Morgan fingerprint density at radius 3 is 0.629 bits per heavy atom. The largest absolute Gasteiger partial charge is 0.456 e. The van der Waals surface area contributed by atoms with Crippen molar-refractivity contribution in [2.75, 3.05) is 19.6 Å². The van der Waals surface area contributed by atoms with Crippen LogP contribution in [0.2, 0.25) is 0 Å². The highest BCUT2D eigenvalue weighted by Gasteiger charge is 2.23. The van der Waals surface area contributed by atoms with E-state index in [0.717, 1.165) is 157 Å². The summed E-state index contributed by atoms with van der Waals surface area (Å²) in [5.74, 6) is 0. The number of benzene rings is 18. The first-order valence-corrected chi connectivity index (χ1v) is 39.4. The quantitative estimate of drug-likeness (QED) is 0.0905. The van der Waals surface area contributed by atoms with E-state index in [-0.39, 0.29) is 0 Å². The van der Waals surface area contributed by atoms with Crippen molar-refractivity contribution in [2.24, 2.45) is 0 Å². The predicted molar refractivity (Wildman–Crippen MR) is 485 cm³/mol. The van der Waals surface area contributed by atoms with E-state index in [1.165, 1.54) is 43.6 Å². The van der Waals surface area contributed by atoms with E-state index in [1.54, 1.807) is 0 Å². The molecule has 8 nitrogen and oxygen atoms in total. The fraction of sp³-hybridized carbons (Fsp3) is 0. The molecule has 0 aliphatic rings. The monoisotopic (exact) mass is 1480 g/mol. The standard InChI is InChI=1S/C108H72N6O2/c1-3-19-79(20-4-1)109(81-49-39-75(40-50-81)77-43-69-107-99(71-77)97-27-11-17-33-105(97)115-107)85-53-57-87(58-54-85)111(89-61-65-91(66-62-89)113-101-29-13-7-23-93(101)94-24-8-14-30-102(94)113)83-45-35-73(36-46-83)74-37-47-84(48-38-74)112(90-63-67-92(68-64-90)114-103-31-15-9-25-95(103)96-26-10-16-32-104(96)114)88-59-55-86(56-60-88)110(80-21-5-2-6-22-80)82-51-41-76(42-52-82)78-44-70-108-100(72-78)98-28-12-18-34-106(98)116-108/h1-72H. The fourth-order valence-corrected chi connectivity index (χ4v) is 17.4. The van der Waals surface area contributed by atoms with Crippen LogP contribution < -0.4 is 19.6 Å². The normalized spacial score (nSPS) is 11.6. The number of furan rings is 2. The van der Waals surface area contributed by atoms with Gasteiger partial charge in [-0.3, -0.25) is 0 Å². The Hall–Kier alpha value is -15.6. The van der Waals surface area contributed by atoms with Crippen LogP contribution >= 0.6 is 0 Å². The van der Waals surface area contributed by atoms with Crippen LogP contribution in [0.1, 0.15) is 0 Å². The predicted octanol–water partition coefficient (Wildman–Crippen LogP) is 30.6. The SMILES string of the molecule is c1ccc(N(c2ccc(-c3ccc4oc5ccccc5c4c3)cc2)c2ccc(N(c3ccc(-c4ccc(N(c5ccc(N(c6ccccc6)c6ccc(-c7ccc8oc9ccccc9c8c7)cc6)cc5)c5ccc(-n6c7ccccc7c7ccccc76)cc5)cc4)cc3)c3ccc(-n4c5ccccc5c5ccccc54)cc3)cc2)cc1. The Morgan fingerprint density at radius 1 is 0.147 bits per heavy atom. The summed E-state index contributed by atoms with van der Waals surface area (Å²) in [5, 5.41) is 9.39. The number of para-hydroxylation sites is 8. The molecule has 0 amide bonds. The zero-order chi connectivity index (χ0) is 76.6. The fourth-order valence-electron chi connectivity index (χ4n) is 17.4. The maximum absolute atomic E-state index is 6.21. The van der Waals surface area contributed by atoms with E-state index in [0.29, 0.717) is 0 Å². The van der Waals surface area contributed by atoms with E-state index >= 15 is 0 Å². The zero-order valence-corrected chi connectivity index (χ0v) is 63.1. The number of hydrogen-bond acceptors (Lipinski definition) is 6. The Labute approximate surface area is 670 Å². The van der Waals surface area contributed by atoms with Gasteiger partial charge in [-0.1, -0.05) is 206 Å². The van der Waals surface area contributed by atoms with Crippen LogP contribution in [0, 0.1) is 0 Å². The molecule has 0 spiro atoms. The molecule has 4 aromatic heterocycles. The molecule has 22 rings (SSSR count). The van der Waals surface area contributed by atoms with Gasteiger partial charge in [0.15, 0.2) is 0 Å². The van der Waals surface area contributed by atoms with Gasteiger partial charge in [-0.05, 0) is 264 Å². The summed E-state index contributed by atoms with van der Waals surface area (Å²) in [6.45, 7) is 0. The summed E-state index contributed by atoms with van der Waals surface area (Å²) in [7, 11) is 0. The second-order valence-electron chi connectivity index (χ2n) is 29.6. The summed E-state index contributed by atoms with van der Waals surface area (Å²) in [4.78, 5) is 9.39. The van der Waals surface area contributed by atoms with E-state index in [1.807, 2.05) is 24.3 Å². The third-order valence-electron chi connectivity index (χ3n) is 22.9. The zero-order valence-electron chi connectivity index (χ0n) is 63.1. The number of fused-ring (bicyclic) bond motifs is 12. The first-order valence-electron chi connectivity index (χ1n) is 39.4. The van der Waals surface area contributed by atoms with Crippen LogP contribution in [0.3, 0.4) is 0 Å². The van der Waals surface area contributed by atoms with Crippen molar-refractivity contribution < 1.29 is 8.83 Å². The molecule has 0 aliphatic carbocycles. The molecular formula is C108H72N6O2. The van der Waals surface area contributed by atoms with Gasteiger partial charge in [0, 0.05) is 123 Å². The van der Waals surface area contributed by atoms with E-state index in [4.69, 9.17) is 8.83 Å². The first kappa shape index (κ1) is 67.3. The third-order valence-corrected chi connectivity index (χ3v) is 22.9. The van der Waals surface area contributed by atoms with Crippen molar-refractivity contribution in [3.63, 3.8) is 0 Å². The number of hydrogen-bond donors (Lipinski definition) is 0. The molecule has 546 valence electrons. The number of aromatic nitrogens is 2. The number of anilines is 12. The second-order valence-corrected chi connectivity index (χ2v) is 29.6. The minimum absolute atomic E-state index is 0.888. The lowest BCUT2D eigenvalue weighted by Gasteiger charge is -2.29. The number of rotatable bonds is 17. The molecule has 4 heterocycles. The van der Waals surface area contributed by atoms with Gasteiger partial charge >= 0.3 is 0 Å². The van der Waals surface area contributed by atoms with Gasteiger partial charge in [-0.2, -0.15) is 0 Å². The maximum Gasteiger partial charge on any atom is 0.135 e. The van der Waals surface area contributed by atoms with Crippen LogP contribution in [-0.4, -0.2) is 9.13 Å². The van der Waals surface area contributed by atoms with Crippen LogP contribution in [0.15, 0.2) is 446 Å². The molecule has 0 fully saturated rings. The van der Waals surface area contributed by atoms with Crippen molar-refractivity contribution in [1.82, 2.24) is 9.13 Å². The van der Waals surface area contributed by atoms with Gasteiger partial charge < -0.3 is 37.6 Å². The van der Waals surface area contributed by atoms with Crippen LogP contribution in [0.4, 0.5) is 68.2 Å². The van der Waals surface area contributed by atoms with Gasteiger partial charge in [0.1, 0.15) is 22.3 Å². The minimum Gasteiger partial charge on any atom is -0.456 e. The Morgan fingerprint density at radius 2 is 0.345 bits per heavy atom. The Balaban J connectivity index is 0.603. The molecule has 0 saturated heterocycles. The molecule has 0 bridgehead atoms. The van der Waals surface area contributed by atoms with Crippen LogP contribution in [0.25, 0.3) is 132 Å². The highest BCUT2D eigenvalue weighted by molar-refractivity contribution is 6.12. The van der Waals surface area contributed by atoms with Gasteiger partial charge in [-0.15, -0.1) is 0 Å². The van der Waals surface area contributed by atoms with Crippen molar-refractivity contribution >= 4 is 156 Å². The highest BCUT2D eigenvalue weighted by atomic mass is 16.3. The lowest BCUT2D eigenvalue weighted by Crippen LogP contribution is -2.12. The van der Waals surface area contributed by atoms with E-state index < -0.39 is 0 Å². The maximum atomic E-state index is 6.21. The summed E-state index contributed by atoms with van der Waals surface area (Å²) < 4.78 is 17.2. The van der Waals surface area contributed by atoms with Crippen LogP contribution in [0.5, 0.6) is 0 Å². The molecule has 8 heteroatoms. The molecular weight excluding hydrogens is 1410 g/mol. The van der Waals surface area contributed by atoms with Crippen molar-refractivity contribution in [2.45, 2.75) is 0 Å².